The maximum absolute atomic E-state index is 12.7. The fourth-order valence-corrected chi connectivity index (χ4v) is 3.31. The second-order valence-corrected chi connectivity index (χ2v) is 8.30. The molecular formula is C20H24N2O4S. The summed E-state index contributed by atoms with van der Waals surface area (Å²) in [6.45, 7) is 9.04. The normalized spacial score (nSPS) is 11.0. The molecule has 2 amide bonds. The largest absolute Gasteiger partial charge is 0.465 e. The van der Waals surface area contributed by atoms with E-state index in [4.69, 9.17) is 4.74 Å². The number of rotatable bonds is 4. The molecule has 2 rings (SSSR count). The minimum absolute atomic E-state index is 0.114. The average Bonchev–Trinajstić information content (AvgIpc) is 2.95. The summed E-state index contributed by atoms with van der Waals surface area (Å²) in [4.78, 5) is 37.2. The Bertz CT molecular complexity index is 894. The van der Waals surface area contributed by atoms with Gasteiger partial charge in [-0.25, -0.2) is 4.79 Å². The molecule has 0 radical (unpaired) electrons. The van der Waals surface area contributed by atoms with Crippen molar-refractivity contribution >= 4 is 39.8 Å². The van der Waals surface area contributed by atoms with E-state index in [2.05, 4.69) is 10.6 Å². The highest BCUT2D eigenvalue weighted by atomic mass is 32.1. The molecule has 0 saturated carbocycles. The van der Waals surface area contributed by atoms with Crippen molar-refractivity contribution in [1.29, 1.82) is 0 Å². The van der Waals surface area contributed by atoms with Crippen molar-refractivity contribution in [3.63, 3.8) is 0 Å². The van der Waals surface area contributed by atoms with Crippen LogP contribution in [-0.4, -0.2) is 24.9 Å². The van der Waals surface area contributed by atoms with Crippen molar-refractivity contribution in [2.75, 3.05) is 17.7 Å². The number of carbonyl (C=O) groups excluding carboxylic acids is 3. The molecule has 7 heteroatoms. The summed E-state index contributed by atoms with van der Waals surface area (Å²) >= 11 is 1.22. The van der Waals surface area contributed by atoms with Crippen LogP contribution in [0.4, 0.5) is 10.7 Å². The van der Waals surface area contributed by atoms with Crippen LogP contribution in [0.3, 0.4) is 0 Å². The van der Waals surface area contributed by atoms with Gasteiger partial charge in [0.2, 0.25) is 5.91 Å². The summed E-state index contributed by atoms with van der Waals surface area (Å²) in [5.41, 5.74) is 1.81. The maximum atomic E-state index is 12.7. The Labute approximate surface area is 162 Å². The van der Waals surface area contributed by atoms with E-state index >= 15 is 0 Å². The van der Waals surface area contributed by atoms with Crippen LogP contribution in [0.15, 0.2) is 24.3 Å². The highest BCUT2D eigenvalue weighted by Gasteiger charge is 2.23. The number of esters is 1. The van der Waals surface area contributed by atoms with Crippen LogP contribution in [0.25, 0.3) is 0 Å². The van der Waals surface area contributed by atoms with Crippen LogP contribution < -0.4 is 10.6 Å². The predicted octanol–water partition coefficient (Wildman–Crippen LogP) is 4.39. The molecule has 1 aromatic heterocycles. The fraction of sp³-hybridized carbons (Fsp3) is 0.350. The lowest BCUT2D eigenvalue weighted by Gasteiger charge is -2.16. The number of benzene rings is 1. The van der Waals surface area contributed by atoms with Gasteiger partial charge in [0.1, 0.15) is 0 Å². The molecule has 0 bridgehead atoms. The first-order valence-electron chi connectivity index (χ1n) is 8.45. The molecule has 0 atom stereocenters. The third kappa shape index (κ3) is 4.74. The molecule has 0 aliphatic rings. The molecular weight excluding hydrogens is 364 g/mol. The molecule has 0 fully saturated rings. The number of hydrogen-bond donors (Lipinski definition) is 2. The van der Waals surface area contributed by atoms with Gasteiger partial charge in [-0.3, -0.25) is 9.59 Å². The lowest BCUT2D eigenvalue weighted by molar-refractivity contribution is -0.123. The van der Waals surface area contributed by atoms with E-state index in [0.717, 1.165) is 5.56 Å². The standard InChI is InChI=1S/C20H24N2O4S/c1-11-10-15(22-19(25)20(3,4)5)27-16(11)17(23)21-14-9-7-8-13(12(14)2)18(24)26-6/h7-10H,1-6H3,(H,21,23)(H,22,25). The molecule has 6 nitrogen and oxygen atoms in total. The van der Waals surface area contributed by atoms with Gasteiger partial charge in [0, 0.05) is 11.1 Å². The number of nitrogens with one attached hydrogen (secondary N) is 2. The summed E-state index contributed by atoms with van der Waals surface area (Å²) in [7, 11) is 1.31. The molecule has 0 saturated heterocycles. The minimum Gasteiger partial charge on any atom is -0.465 e. The number of amides is 2. The second-order valence-electron chi connectivity index (χ2n) is 7.25. The lowest BCUT2D eigenvalue weighted by Crippen LogP contribution is -2.27. The van der Waals surface area contributed by atoms with Crippen molar-refractivity contribution in [3.05, 3.63) is 45.8 Å². The molecule has 144 valence electrons. The molecule has 0 aliphatic heterocycles. The number of aryl methyl sites for hydroxylation is 1. The van der Waals surface area contributed by atoms with Crippen molar-refractivity contribution < 1.29 is 19.1 Å². The van der Waals surface area contributed by atoms with E-state index in [9.17, 15) is 14.4 Å². The number of hydrogen-bond acceptors (Lipinski definition) is 5. The van der Waals surface area contributed by atoms with Crippen molar-refractivity contribution in [1.82, 2.24) is 0 Å². The maximum Gasteiger partial charge on any atom is 0.338 e. The van der Waals surface area contributed by atoms with E-state index in [-0.39, 0.29) is 11.8 Å². The first kappa shape index (κ1) is 20.6. The summed E-state index contributed by atoms with van der Waals surface area (Å²) in [6, 6.07) is 6.84. The Morgan fingerprint density at radius 2 is 1.74 bits per heavy atom. The van der Waals surface area contributed by atoms with E-state index in [1.165, 1.54) is 18.4 Å². The highest BCUT2D eigenvalue weighted by Crippen LogP contribution is 2.30. The third-order valence-electron chi connectivity index (χ3n) is 4.03. The van der Waals surface area contributed by atoms with Gasteiger partial charge >= 0.3 is 5.97 Å². The number of ether oxygens (including phenoxy) is 1. The van der Waals surface area contributed by atoms with Gasteiger partial charge in [-0.1, -0.05) is 26.8 Å². The monoisotopic (exact) mass is 388 g/mol. The molecule has 27 heavy (non-hydrogen) atoms. The summed E-state index contributed by atoms with van der Waals surface area (Å²) in [5.74, 6) is -0.862. The molecule has 0 spiro atoms. The van der Waals surface area contributed by atoms with Gasteiger partial charge < -0.3 is 15.4 Å². The zero-order valence-electron chi connectivity index (χ0n) is 16.4. The SMILES string of the molecule is COC(=O)c1cccc(NC(=O)c2sc(NC(=O)C(C)(C)C)cc2C)c1C. The highest BCUT2D eigenvalue weighted by molar-refractivity contribution is 7.18. The summed E-state index contributed by atoms with van der Waals surface area (Å²) in [6.07, 6.45) is 0. The molecule has 2 N–H and O–H groups in total. The van der Waals surface area contributed by atoms with Gasteiger partial charge in [-0.05, 0) is 43.2 Å². The fourth-order valence-electron chi connectivity index (χ4n) is 2.35. The smallest absolute Gasteiger partial charge is 0.338 e. The third-order valence-corrected chi connectivity index (χ3v) is 5.18. The Hall–Kier alpha value is -2.67. The van der Waals surface area contributed by atoms with E-state index in [0.29, 0.717) is 26.7 Å². The molecule has 0 unspecified atom stereocenters. The van der Waals surface area contributed by atoms with Crippen molar-refractivity contribution in [2.24, 2.45) is 5.41 Å². The zero-order chi connectivity index (χ0) is 20.4. The Balaban J connectivity index is 2.23. The summed E-state index contributed by atoms with van der Waals surface area (Å²) in [5, 5.41) is 6.30. The lowest BCUT2D eigenvalue weighted by atomic mass is 9.96. The van der Waals surface area contributed by atoms with Crippen LogP contribution in [0.1, 0.15) is 51.9 Å². The van der Waals surface area contributed by atoms with Crippen LogP contribution >= 0.6 is 11.3 Å². The molecule has 0 aliphatic carbocycles. The van der Waals surface area contributed by atoms with Crippen LogP contribution in [-0.2, 0) is 9.53 Å². The first-order valence-corrected chi connectivity index (χ1v) is 9.27. The Kier molecular flexibility index (Phi) is 6.05. The van der Waals surface area contributed by atoms with Crippen LogP contribution in [0.5, 0.6) is 0 Å². The zero-order valence-corrected chi connectivity index (χ0v) is 17.2. The summed E-state index contributed by atoms with van der Waals surface area (Å²) < 4.78 is 4.76. The van der Waals surface area contributed by atoms with Gasteiger partial charge in [0.15, 0.2) is 0 Å². The Morgan fingerprint density at radius 1 is 1.07 bits per heavy atom. The molecule has 1 aromatic carbocycles. The van der Waals surface area contributed by atoms with Gasteiger partial charge in [-0.2, -0.15) is 0 Å². The van der Waals surface area contributed by atoms with Crippen LogP contribution in [0.2, 0.25) is 0 Å². The van der Waals surface area contributed by atoms with Gasteiger partial charge in [0.05, 0.1) is 22.6 Å². The van der Waals surface area contributed by atoms with E-state index < -0.39 is 11.4 Å². The van der Waals surface area contributed by atoms with Gasteiger partial charge in [0.25, 0.3) is 5.91 Å². The van der Waals surface area contributed by atoms with Crippen LogP contribution in [0, 0.1) is 19.3 Å². The molecule has 1 heterocycles. The van der Waals surface area contributed by atoms with E-state index in [1.54, 1.807) is 31.2 Å². The average molecular weight is 388 g/mol. The predicted molar refractivity (Wildman–Crippen MR) is 108 cm³/mol. The Morgan fingerprint density at radius 3 is 2.33 bits per heavy atom. The number of anilines is 2. The molecule has 2 aromatic rings. The minimum atomic E-state index is -0.522. The quantitative estimate of drug-likeness (QED) is 0.761. The number of methoxy groups -OCH3 is 1. The topological polar surface area (TPSA) is 84.5 Å². The number of carbonyl (C=O) groups is 3. The van der Waals surface area contributed by atoms with Gasteiger partial charge in [-0.15, -0.1) is 11.3 Å². The van der Waals surface area contributed by atoms with Crippen molar-refractivity contribution in [3.8, 4) is 0 Å². The van der Waals surface area contributed by atoms with Crippen molar-refractivity contribution in [2.45, 2.75) is 34.6 Å². The van der Waals surface area contributed by atoms with E-state index in [1.807, 2.05) is 27.7 Å². The second kappa shape index (κ2) is 7.92. The number of thiophene rings is 1. The first-order chi connectivity index (χ1) is 12.5.